The van der Waals surface area contributed by atoms with Crippen LogP contribution in [0, 0.1) is 0 Å². The lowest BCUT2D eigenvalue weighted by atomic mass is 9.96. The van der Waals surface area contributed by atoms with E-state index in [1.54, 1.807) is 0 Å². The summed E-state index contributed by atoms with van der Waals surface area (Å²) in [5.41, 5.74) is 3.33. The topological polar surface area (TPSA) is 31.9 Å². The summed E-state index contributed by atoms with van der Waals surface area (Å²) >= 11 is 12.3. The van der Waals surface area contributed by atoms with Gasteiger partial charge in [-0.25, -0.2) is 4.98 Å². The van der Waals surface area contributed by atoms with Gasteiger partial charge in [-0.15, -0.1) is 0 Å². The van der Waals surface area contributed by atoms with Crippen molar-refractivity contribution in [3.63, 3.8) is 0 Å². The van der Waals surface area contributed by atoms with E-state index < -0.39 is 0 Å². The number of hydrogen-bond acceptors (Lipinski definition) is 2. The highest BCUT2D eigenvalue weighted by Crippen LogP contribution is 2.29. The smallest absolute Gasteiger partial charge is 0.110 e. The first kappa shape index (κ1) is 15.9. The van der Waals surface area contributed by atoms with Crippen molar-refractivity contribution >= 4 is 34.2 Å². The number of aromatic amines is 1. The zero-order chi connectivity index (χ0) is 16.5. The van der Waals surface area contributed by atoms with Crippen LogP contribution < -0.4 is 0 Å². The molecule has 5 heteroatoms. The van der Waals surface area contributed by atoms with Gasteiger partial charge in [-0.2, -0.15) is 0 Å². The fourth-order valence-corrected chi connectivity index (χ4v) is 3.89. The van der Waals surface area contributed by atoms with Crippen LogP contribution in [-0.4, -0.2) is 28.0 Å². The predicted octanol–water partition coefficient (Wildman–Crippen LogP) is 5.25. The number of nitrogens with zero attached hydrogens (tertiary/aromatic N) is 2. The van der Waals surface area contributed by atoms with Gasteiger partial charge in [0.25, 0.3) is 0 Å². The molecule has 2 heterocycles. The second-order valence-corrected chi connectivity index (χ2v) is 7.27. The van der Waals surface area contributed by atoms with Gasteiger partial charge in [0.2, 0.25) is 0 Å². The molecule has 4 rings (SSSR count). The lowest BCUT2D eigenvalue weighted by molar-refractivity contribution is 0.202. The Bertz CT molecular complexity index is 818. The van der Waals surface area contributed by atoms with E-state index in [0.717, 1.165) is 59.9 Å². The van der Waals surface area contributed by atoms with E-state index in [-0.39, 0.29) is 0 Å². The standard InChI is InChI=1S/C19H19Cl2N3/c20-15-6-5-14(16(21)11-15)12-24-9-7-13(8-10-24)19-22-17-3-1-2-4-18(17)23-19/h1-6,11,13H,7-10,12H2,(H,22,23). The van der Waals surface area contributed by atoms with Crippen LogP contribution in [-0.2, 0) is 6.54 Å². The molecular formula is C19H19Cl2N3. The van der Waals surface area contributed by atoms with E-state index >= 15 is 0 Å². The third kappa shape index (κ3) is 3.30. The van der Waals surface area contributed by atoms with Crippen LogP contribution in [0.3, 0.4) is 0 Å². The molecule has 0 aliphatic carbocycles. The Balaban J connectivity index is 1.41. The number of piperidine rings is 1. The molecule has 2 aromatic carbocycles. The Kier molecular flexibility index (Phi) is 4.49. The van der Waals surface area contributed by atoms with E-state index in [2.05, 4.69) is 22.0 Å². The van der Waals surface area contributed by atoms with E-state index in [1.807, 2.05) is 30.3 Å². The average Bonchev–Trinajstić information content (AvgIpc) is 3.02. The first-order valence-electron chi connectivity index (χ1n) is 8.30. The largest absolute Gasteiger partial charge is 0.342 e. The van der Waals surface area contributed by atoms with Crippen LogP contribution in [0.5, 0.6) is 0 Å². The van der Waals surface area contributed by atoms with Gasteiger partial charge in [0.15, 0.2) is 0 Å². The van der Waals surface area contributed by atoms with Gasteiger partial charge < -0.3 is 4.98 Å². The summed E-state index contributed by atoms with van der Waals surface area (Å²) in [5, 5.41) is 1.44. The van der Waals surface area contributed by atoms with Crippen molar-refractivity contribution in [1.82, 2.24) is 14.9 Å². The molecule has 0 radical (unpaired) electrons. The Morgan fingerprint density at radius 3 is 2.62 bits per heavy atom. The predicted molar refractivity (Wildman–Crippen MR) is 99.8 cm³/mol. The minimum atomic E-state index is 0.509. The molecule has 1 aliphatic rings. The third-order valence-electron chi connectivity index (χ3n) is 4.79. The van der Waals surface area contributed by atoms with E-state index in [4.69, 9.17) is 28.2 Å². The van der Waals surface area contributed by atoms with Gasteiger partial charge in [-0.05, 0) is 55.8 Å². The Labute approximate surface area is 151 Å². The molecule has 124 valence electrons. The number of likely N-dealkylation sites (tertiary alicyclic amines) is 1. The summed E-state index contributed by atoms with van der Waals surface area (Å²) in [7, 11) is 0. The number of imidazole rings is 1. The number of halogens is 2. The zero-order valence-corrected chi connectivity index (χ0v) is 14.8. The molecule has 3 nitrogen and oxygen atoms in total. The number of H-pyrrole nitrogens is 1. The lowest BCUT2D eigenvalue weighted by Gasteiger charge is -2.31. The van der Waals surface area contributed by atoms with Crippen molar-refractivity contribution in [3.05, 3.63) is 63.9 Å². The molecular weight excluding hydrogens is 341 g/mol. The average molecular weight is 360 g/mol. The maximum atomic E-state index is 6.29. The van der Waals surface area contributed by atoms with Gasteiger partial charge in [-0.1, -0.05) is 41.4 Å². The van der Waals surface area contributed by atoms with Crippen molar-refractivity contribution in [3.8, 4) is 0 Å². The molecule has 0 saturated carbocycles. The number of para-hydroxylation sites is 2. The highest BCUT2D eigenvalue weighted by molar-refractivity contribution is 6.35. The second-order valence-electron chi connectivity index (χ2n) is 6.43. The molecule has 0 unspecified atom stereocenters. The van der Waals surface area contributed by atoms with Crippen molar-refractivity contribution in [1.29, 1.82) is 0 Å². The molecule has 1 aliphatic heterocycles. The monoisotopic (exact) mass is 359 g/mol. The molecule has 0 spiro atoms. The van der Waals surface area contributed by atoms with Gasteiger partial charge >= 0.3 is 0 Å². The molecule has 24 heavy (non-hydrogen) atoms. The number of benzene rings is 2. The highest BCUT2D eigenvalue weighted by Gasteiger charge is 2.23. The number of aromatic nitrogens is 2. The fraction of sp³-hybridized carbons (Fsp3) is 0.316. The normalized spacial score (nSPS) is 16.8. The Morgan fingerprint density at radius 2 is 1.88 bits per heavy atom. The summed E-state index contributed by atoms with van der Waals surface area (Å²) in [6, 6.07) is 14.0. The number of nitrogens with one attached hydrogen (secondary N) is 1. The number of rotatable bonds is 3. The minimum Gasteiger partial charge on any atom is -0.342 e. The summed E-state index contributed by atoms with van der Waals surface area (Å²) < 4.78 is 0. The molecule has 0 atom stereocenters. The Hall–Kier alpha value is -1.55. The van der Waals surface area contributed by atoms with Gasteiger partial charge in [0, 0.05) is 22.5 Å². The Morgan fingerprint density at radius 1 is 1.08 bits per heavy atom. The second kappa shape index (κ2) is 6.75. The summed E-state index contributed by atoms with van der Waals surface area (Å²) in [5.74, 6) is 1.63. The van der Waals surface area contributed by atoms with Crippen molar-refractivity contribution < 1.29 is 0 Å². The summed E-state index contributed by atoms with van der Waals surface area (Å²) in [4.78, 5) is 10.7. The van der Waals surface area contributed by atoms with Crippen LogP contribution in [0.1, 0.15) is 30.1 Å². The van der Waals surface area contributed by atoms with E-state index in [1.165, 1.54) is 0 Å². The maximum absolute atomic E-state index is 6.29. The van der Waals surface area contributed by atoms with Crippen molar-refractivity contribution in [2.45, 2.75) is 25.3 Å². The molecule has 1 fully saturated rings. The van der Waals surface area contributed by atoms with Gasteiger partial charge in [0.05, 0.1) is 11.0 Å². The van der Waals surface area contributed by atoms with Crippen molar-refractivity contribution in [2.75, 3.05) is 13.1 Å². The van der Waals surface area contributed by atoms with Gasteiger partial charge in [-0.3, -0.25) is 4.90 Å². The van der Waals surface area contributed by atoms with Crippen LogP contribution in [0.25, 0.3) is 11.0 Å². The summed E-state index contributed by atoms with van der Waals surface area (Å²) in [6.45, 7) is 2.99. The maximum Gasteiger partial charge on any atom is 0.110 e. The molecule has 3 aromatic rings. The SMILES string of the molecule is Clc1ccc(CN2CCC(c3nc4ccccc4[nH]3)CC2)c(Cl)c1. The molecule has 0 amide bonds. The first-order chi connectivity index (χ1) is 11.7. The van der Waals surface area contributed by atoms with Crippen LogP contribution in [0.4, 0.5) is 0 Å². The van der Waals surface area contributed by atoms with E-state index in [0.29, 0.717) is 10.9 Å². The third-order valence-corrected chi connectivity index (χ3v) is 5.38. The lowest BCUT2D eigenvalue weighted by Crippen LogP contribution is -2.32. The molecule has 1 N–H and O–H groups in total. The van der Waals surface area contributed by atoms with Crippen LogP contribution in [0.15, 0.2) is 42.5 Å². The first-order valence-corrected chi connectivity index (χ1v) is 9.05. The van der Waals surface area contributed by atoms with Crippen LogP contribution in [0.2, 0.25) is 10.0 Å². The van der Waals surface area contributed by atoms with Crippen LogP contribution >= 0.6 is 23.2 Å². The van der Waals surface area contributed by atoms with E-state index in [9.17, 15) is 0 Å². The number of hydrogen-bond donors (Lipinski definition) is 1. The van der Waals surface area contributed by atoms with Gasteiger partial charge in [0.1, 0.15) is 5.82 Å². The molecule has 0 bridgehead atoms. The minimum absolute atomic E-state index is 0.509. The number of fused-ring (bicyclic) bond motifs is 1. The fourth-order valence-electron chi connectivity index (χ4n) is 3.42. The quantitative estimate of drug-likeness (QED) is 0.692. The summed E-state index contributed by atoms with van der Waals surface area (Å²) in [6.07, 6.45) is 2.23. The molecule has 1 saturated heterocycles. The highest BCUT2D eigenvalue weighted by atomic mass is 35.5. The zero-order valence-electron chi connectivity index (χ0n) is 13.3. The van der Waals surface area contributed by atoms with Crippen molar-refractivity contribution in [2.24, 2.45) is 0 Å². The molecule has 1 aromatic heterocycles.